The van der Waals surface area contributed by atoms with Crippen LogP contribution in [-0.2, 0) is 6.54 Å². The van der Waals surface area contributed by atoms with E-state index in [4.69, 9.17) is 11.0 Å². The second kappa shape index (κ2) is 4.35. The number of aromatic nitrogens is 2. The minimum atomic E-state index is 0.0896. The van der Waals surface area contributed by atoms with Crippen LogP contribution < -0.4 is 5.73 Å². The minimum Gasteiger partial charge on any atom is -0.396 e. The van der Waals surface area contributed by atoms with Crippen molar-refractivity contribution in [2.75, 3.05) is 5.73 Å². The average Bonchev–Trinajstić information content (AvgIpc) is 2.85. The molecule has 1 unspecified atom stereocenters. The molecular formula is C11H16N4. The molecule has 1 aromatic rings. The molecule has 1 saturated carbocycles. The van der Waals surface area contributed by atoms with Gasteiger partial charge in [-0.25, -0.2) is 0 Å². The number of nitrogen functional groups attached to an aromatic ring is 1. The van der Waals surface area contributed by atoms with Gasteiger partial charge in [-0.05, 0) is 18.8 Å². The highest BCUT2D eigenvalue weighted by atomic mass is 15.3. The molecule has 1 aliphatic carbocycles. The lowest BCUT2D eigenvalue weighted by Crippen LogP contribution is -2.17. The van der Waals surface area contributed by atoms with Gasteiger partial charge in [-0.1, -0.05) is 12.8 Å². The van der Waals surface area contributed by atoms with Gasteiger partial charge in [0.2, 0.25) is 0 Å². The molecule has 0 radical (unpaired) electrons. The predicted molar refractivity (Wildman–Crippen MR) is 57.7 cm³/mol. The van der Waals surface area contributed by atoms with Gasteiger partial charge in [0.25, 0.3) is 0 Å². The molecule has 1 fully saturated rings. The number of nitrogens with zero attached hydrogens (tertiary/aromatic N) is 3. The average molecular weight is 204 g/mol. The second-order valence-electron chi connectivity index (χ2n) is 4.28. The Kier molecular flexibility index (Phi) is 2.91. The van der Waals surface area contributed by atoms with Crippen LogP contribution in [0.15, 0.2) is 12.4 Å². The third-order valence-electron chi connectivity index (χ3n) is 3.17. The Bertz CT molecular complexity index is 357. The van der Waals surface area contributed by atoms with E-state index in [1.54, 1.807) is 17.1 Å². The van der Waals surface area contributed by atoms with E-state index >= 15 is 0 Å². The zero-order valence-electron chi connectivity index (χ0n) is 8.76. The van der Waals surface area contributed by atoms with Crippen molar-refractivity contribution in [2.45, 2.75) is 32.2 Å². The maximum Gasteiger partial charge on any atom is 0.0719 e. The monoisotopic (exact) mass is 204 g/mol. The number of nitriles is 1. The van der Waals surface area contributed by atoms with E-state index in [0.29, 0.717) is 18.2 Å². The van der Waals surface area contributed by atoms with Crippen LogP contribution in [0.2, 0.25) is 0 Å². The lowest BCUT2D eigenvalue weighted by Gasteiger charge is -2.15. The standard InChI is InChI=1S/C11H16N4/c12-5-10(9-3-1-2-4-9)7-15-8-11(13)6-14-15/h6,8-10H,1-4,7,13H2. The molecule has 1 aromatic heterocycles. The fourth-order valence-corrected chi connectivity index (χ4v) is 2.34. The van der Waals surface area contributed by atoms with Crippen molar-refractivity contribution < 1.29 is 0 Å². The molecule has 2 N–H and O–H groups in total. The van der Waals surface area contributed by atoms with E-state index in [1.165, 1.54) is 25.7 Å². The van der Waals surface area contributed by atoms with Crippen molar-refractivity contribution in [3.8, 4) is 6.07 Å². The first-order chi connectivity index (χ1) is 7.29. The first kappa shape index (κ1) is 10.0. The van der Waals surface area contributed by atoms with Crippen molar-refractivity contribution in [3.05, 3.63) is 12.4 Å². The van der Waals surface area contributed by atoms with Crippen molar-refractivity contribution in [2.24, 2.45) is 11.8 Å². The van der Waals surface area contributed by atoms with Crippen molar-refractivity contribution in [1.82, 2.24) is 9.78 Å². The molecule has 0 spiro atoms. The summed E-state index contributed by atoms with van der Waals surface area (Å²) in [5.41, 5.74) is 6.25. The Morgan fingerprint density at radius 1 is 1.60 bits per heavy atom. The summed E-state index contributed by atoms with van der Waals surface area (Å²) in [6.07, 6.45) is 8.33. The highest BCUT2D eigenvalue weighted by Gasteiger charge is 2.25. The quantitative estimate of drug-likeness (QED) is 0.816. The Balaban J connectivity index is 1.99. The fourth-order valence-electron chi connectivity index (χ4n) is 2.34. The second-order valence-corrected chi connectivity index (χ2v) is 4.28. The minimum absolute atomic E-state index is 0.0896. The summed E-state index contributed by atoms with van der Waals surface area (Å²) >= 11 is 0. The van der Waals surface area contributed by atoms with Crippen molar-refractivity contribution in [3.63, 3.8) is 0 Å². The summed E-state index contributed by atoms with van der Waals surface area (Å²) in [4.78, 5) is 0. The maximum atomic E-state index is 9.13. The van der Waals surface area contributed by atoms with E-state index < -0.39 is 0 Å². The third kappa shape index (κ3) is 2.30. The molecule has 0 aromatic carbocycles. The van der Waals surface area contributed by atoms with Gasteiger partial charge in [-0.3, -0.25) is 4.68 Å². The molecule has 1 aliphatic rings. The van der Waals surface area contributed by atoms with Gasteiger partial charge in [0.15, 0.2) is 0 Å². The zero-order chi connectivity index (χ0) is 10.7. The summed E-state index contributed by atoms with van der Waals surface area (Å²) in [6, 6.07) is 2.40. The highest BCUT2D eigenvalue weighted by Crippen LogP contribution is 2.31. The van der Waals surface area contributed by atoms with Gasteiger partial charge in [-0.15, -0.1) is 0 Å². The molecule has 1 heterocycles. The molecular weight excluding hydrogens is 188 g/mol. The van der Waals surface area contributed by atoms with Gasteiger partial charge in [0, 0.05) is 6.20 Å². The van der Waals surface area contributed by atoms with Crippen LogP contribution in [0.4, 0.5) is 5.69 Å². The number of nitrogens with two attached hydrogens (primary N) is 1. The van der Waals surface area contributed by atoms with E-state index in [9.17, 15) is 0 Å². The Labute approximate surface area is 89.7 Å². The van der Waals surface area contributed by atoms with E-state index in [-0.39, 0.29) is 5.92 Å². The highest BCUT2D eigenvalue weighted by molar-refractivity contribution is 5.30. The normalized spacial score (nSPS) is 18.9. The molecule has 0 aliphatic heterocycles. The number of hydrogen-bond donors (Lipinski definition) is 1. The van der Waals surface area contributed by atoms with Crippen LogP contribution in [0.5, 0.6) is 0 Å². The molecule has 4 nitrogen and oxygen atoms in total. The fraction of sp³-hybridized carbons (Fsp3) is 0.636. The number of anilines is 1. The summed E-state index contributed by atoms with van der Waals surface area (Å²) in [5.74, 6) is 0.646. The van der Waals surface area contributed by atoms with Gasteiger partial charge in [0.05, 0.1) is 30.4 Å². The van der Waals surface area contributed by atoms with Crippen LogP contribution in [0.3, 0.4) is 0 Å². The lowest BCUT2D eigenvalue weighted by atomic mass is 9.92. The van der Waals surface area contributed by atoms with E-state index in [1.807, 2.05) is 0 Å². The largest absolute Gasteiger partial charge is 0.396 e. The van der Waals surface area contributed by atoms with Crippen LogP contribution in [-0.4, -0.2) is 9.78 Å². The van der Waals surface area contributed by atoms with Crippen LogP contribution in [0.25, 0.3) is 0 Å². The smallest absolute Gasteiger partial charge is 0.0719 e. The first-order valence-corrected chi connectivity index (χ1v) is 5.47. The Hall–Kier alpha value is -1.50. The lowest BCUT2D eigenvalue weighted by molar-refractivity contribution is 0.355. The van der Waals surface area contributed by atoms with Crippen LogP contribution >= 0.6 is 0 Å². The molecule has 0 amide bonds. The summed E-state index contributed by atoms with van der Waals surface area (Å²) in [6.45, 7) is 0.679. The molecule has 2 rings (SSSR count). The van der Waals surface area contributed by atoms with Crippen LogP contribution in [0, 0.1) is 23.2 Å². The van der Waals surface area contributed by atoms with E-state index in [0.717, 1.165) is 0 Å². The van der Waals surface area contributed by atoms with Gasteiger partial charge < -0.3 is 5.73 Å². The van der Waals surface area contributed by atoms with Gasteiger partial charge >= 0.3 is 0 Å². The van der Waals surface area contributed by atoms with Crippen LogP contribution in [0.1, 0.15) is 25.7 Å². The first-order valence-electron chi connectivity index (χ1n) is 5.47. The summed E-state index contributed by atoms with van der Waals surface area (Å²) in [7, 11) is 0. The Morgan fingerprint density at radius 3 is 2.87 bits per heavy atom. The van der Waals surface area contributed by atoms with Gasteiger partial charge in [0.1, 0.15) is 0 Å². The topological polar surface area (TPSA) is 67.6 Å². The van der Waals surface area contributed by atoms with Crippen molar-refractivity contribution in [1.29, 1.82) is 5.26 Å². The molecule has 15 heavy (non-hydrogen) atoms. The van der Waals surface area contributed by atoms with E-state index in [2.05, 4.69) is 11.2 Å². The summed E-state index contributed by atoms with van der Waals surface area (Å²) < 4.78 is 1.78. The third-order valence-corrected chi connectivity index (χ3v) is 3.17. The maximum absolute atomic E-state index is 9.13. The molecule has 0 bridgehead atoms. The zero-order valence-corrected chi connectivity index (χ0v) is 8.76. The summed E-state index contributed by atoms with van der Waals surface area (Å²) in [5, 5.41) is 13.2. The molecule has 1 atom stereocenters. The SMILES string of the molecule is N#CC(Cn1cc(N)cn1)C1CCCC1. The molecule has 0 saturated heterocycles. The number of hydrogen-bond acceptors (Lipinski definition) is 3. The van der Waals surface area contributed by atoms with Gasteiger partial charge in [-0.2, -0.15) is 10.4 Å². The molecule has 4 heteroatoms. The predicted octanol–water partition coefficient (Wildman–Crippen LogP) is 1.80. The molecule has 80 valence electrons. The van der Waals surface area contributed by atoms with Crippen molar-refractivity contribution >= 4 is 5.69 Å². The number of rotatable bonds is 3. The Morgan fingerprint density at radius 2 is 2.33 bits per heavy atom.